The molecule has 0 bridgehead atoms. The predicted octanol–water partition coefficient (Wildman–Crippen LogP) is 4.35. The standard InChI is InChI=1S/C18H30N2O2S/c1-13-8-10-23-16(13)14(2)19-11-15-7-6-9-20(12-15)17(21)22-18(3,4)5/h8,10,14-15,19H,6-7,9,11-12H2,1-5H3. The van der Waals surface area contributed by atoms with Crippen LogP contribution in [0.15, 0.2) is 11.4 Å². The van der Waals surface area contributed by atoms with Gasteiger partial charge in [0.1, 0.15) is 5.60 Å². The number of piperidine rings is 1. The number of thiophene rings is 1. The summed E-state index contributed by atoms with van der Waals surface area (Å²) in [6, 6.07) is 2.54. The van der Waals surface area contributed by atoms with E-state index < -0.39 is 5.60 Å². The largest absolute Gasteiger partial charge is 0.444 e. The fraction of sp³-hybridized carbons (Fsp3) is 0.722. The molecule has 1 aliphatic rings. The lowest BCUT2D eigenvalue weighted by atomic mass is 9.98. The number of ether oxygens (including phenoxy) is 1. The van der Waals surface area contributed by atoms with Crippen molar-refractivity contribution in [3.05, 3.63) is 21.9 Å². The molecule has 1 fully saturated rings. The summed E-state index contributed by atoms with van der Waals surface area (Å²) in [6.07, 6.45) is 2.05. The highest BCUT2D eigenvalue weighted by molar-refractivity contribution is 7.10. The van der Waals surface area contributed by atoms with Crippen LogP contribution in [0.25, 0.3) is 0 Å². The Kier molecular flexibility index (Phi) is 6.09. The first-order valence-corrected chi connectivity index (χ1v) is 9.39. The molecule has 130 valence electrons. The van der Waals surface area contributed by atoms with E-state index in [1.54, 1.807) is 0 Å². The van der Waals surface area contributed by atoms with E-state index in [-0.39, 0.29) is 6.09 Å². The van der Waals surface area contributed by atoms with Crippen LogP contribution in [0.2, 0.25) is 0 Å². The number of rotatable bonds is 4. The molecule has 1 aromatic heterocycles. The van der Waals surface area contributed by atoms with Gasteiger partial charge >= 0.3 is 6.09 Å². The summed E-state index contributed by atoms with van der Waals surface area (Å²) in [4.78, 5) is 15.5. The number of nitrogens with zero attached hydrogens (tertiary/aromatic N) is 1. The summed E-state index contributed by atoms with van der Waals surface area (Å²) in [5.74, 6) is 0.499. The van der Waals surface area contributed by atoms with Crippen molar-refractivity contribution in [2.75, 3.05) is 19.6 Å². The van der Waals surface area contributed by atoms with E-state index in [0.29, 0.717) is 12.0 Å². The van der Waals surface area contributed by atoms with Crippen LogP contribution >= 0.6 is 11.3 Å². The number of nitrogens with one attached hydrogen (secondary N) is 1. The van der Waals surface area contributed by atoms with Crippen molar-refractivity contribution in [3.8, 4) is 0 Å². The minimum absolute atomic E-state index is 0.177. The maximum atomic E-state index is 12.2. The highest BCUT2D eigenvalue weighted by atomic mass is 32.1. The van der Waals surface area contributed by atoms with Gasteiger partial charge in [-0.3, -0.25) is 0 Å². The first-order chi connectivity index (χ1) is 10.8. The minimum Gasteiger partial charge on any atom is -0.444 e. The smallest absolute Gasteiger partial charge is 0.410 e. The molecule has 2 rings (SSSR count). The molecule has 0 radical (unpaired) electrons. The predicted molar refractivity (Wildman–Crippen MR) is 96.0 cm³/mol. The number of amides is 1. The normalized spacial score (nSPS) is 20.4. The molecular formula is C18H30N2O2S. The maximum Gasteiger partial charge on any atom is 0.410 e. The molecule has 0 saturated carbocycles. The van der Waals surface area contributed by atoms with E-state index >= 15 is 0 Å². The van der Waals surface area contributed by atoms with Crippen molar-refractivity contribution in [1.29, 1.82) is 0 Å². The van der Waals surface area contributed by atoms with Crippen LogP contribution in [0.4, 0.5) is 4.79 Å². The number of carbonyl (C=O) groups excluding carboxylic acids is 1. The average molecular weight is 339 g/mol. The van der Waals surface area contributed by atoms with E-state index in [4.69, 9.17) is 4.74 Å². The van der Waals surface area contributed by atoms with Crippen LogP contribution < -0.4 is 5.32 Å². The SMILES string of the molecule is Cc1ccsc1C(C)NCC1CCCN(C(=O)OC(C)(C)C)C1. The molecule has 1 aliphatic heterocycles. The van der Waals surface area contributed by atoms with Gasteiger partial charge in [0.15, 0.2) is 0 Å². The molecule has 1 N–H and O–H groups in total. The zero-order valence-electron chi connectivity index (χ0n) is 15.0. The molecule has 0 aliphatic carbocycles. The Hall–Kier alpha value is -1.07. The zero-order chi connectivity index (χ0) is 17.0. The molecule has 0 aromatic carbocycles. The highest BCUT2D eigenvalue weighted by Gasteiger charge is 2.27. The van der Waals surface area contributed by atoms with E-state index in [0.717, 1.165) is 26.1 Å². The van der Waals surface area contributed by atoms with Gasteiger partial charge in [-0.05, 0) is 70.4 Å². The van der Waals surface area contributed by atoms with Crippen molar-refractivity contribution in [3.63, 3.8) is 0 Å². The van der Waals surface area contributed by atoms with Crippen LogP contribution in [-0.4, -0.2) is 36.2 Å². The van der Waals surface area contributed by atoms with E-state index in [1.807, 2.05) is 37.0 Å². The van der Waals surface area contributed by atoms with E-state index in [1.165, 1.54) is 16.9 Å². The monoisotopic (exact) mass is 338 g/mol. The molecule has 2 heterocycles. The number of aryl methyl sites for hydroxylation is 1. The lowest BCUT2D eigenvalue weighted by Crippen LogP contribution is -2.45. The minimum atomic E-state index is -0.423. The second kappa shape index (κ2) is 7.67. The van der Waals surface area contributed by atoms with Crippen LogP contribution in [0, 0.1) is 12.8 Å². The number of carbonyl (C=O) groups is 1. The first kappa shape index (κ1) is 18.3. The third-order valence-corrected chi connectivity index (χ3v) is 5.38. The molecule has 1 aromatic rings. The van der Waals surface area contributed by atoms with E-state index in [9.17, 15) is 4.79 Å². The molecule has 2 atom stereocenters. The van der Waals surface area contributed by atoms with Crippen LogP contribution in [0.1, 0.15) is 57.0 Å². The summed E-state index contributed by atoms with van der Waals surface area (Å²) in [5.41, 5.74) is 0.932. The van der Waals surface area contributed by atoms with Gasteiger partial charge in [0.2, 0.25) is 0 Å². The Morgan fingerprint density at radius 2 is 2.26 bits per heavy atom. The van der Waals surface area contributed by atoms with Crippen LogP contribution in [0.3, 0.4) is 0 Å². The Bertz CT molecular complexity index is 521. The summed E-state index contributed by atoms with van der Waals surface area (Å²) in [5, 5.41) is 5.78. The first-order valence-electron chi connectivity index (χ1n) is 8.51. The molecule has 1 amide bonds. The van der Waals surface area contributed by atoms with E-state index in [2.05, 4.69) is 30.6 Å². The molecule has 0 spiro atoms. The summed E-state index contributed by atoms with van der Waals surface area (Å²) >= 11 is 1.81. The van der Waals surface area contributed by atoms with Gasteiger partial charge < -0.3 is 15.0 Å². The topological polar surface area (TPSA) is 41.6 Å². The maximum absolute atomic E-state index is 12.2. The molecule has 1 saturated heterocycles. The van der Waals surface area contributed by atoms with Crippen molar-refractivity contribution in [2.45, 2.75) is 59.1 Å². The lowest BCUT2D eigenvalue weighted by molar-refractivity contribution is 0.0165. The fourth-order valence-corrected chi connectivity index (χ4v) is 3.95. The number of likely N-dealkylation sites (tertiary alicyclic amines) is 1. The van der Waals surface area contributed by atoms with Gasteiger partial charge in [0, 0.05) is 30.6 Å². The number of hydrogen-bond acceptors (Lipinski definition) is 4. The van der Waals surface area contributed by atoms with Gasteiger partial charge in [-0.1, -0.05) is 0 Å². The molecule has 2 unspecified atom stereocenters. The van der Waals surface area contributed by atoms with Crippen LogP contribution in [-0.2, 0) is 4.74 Å². The van der Waals surface area contributed by atoms with Gasteiger partial charge in [-0.25, -0.2) is 4.79 Å². The lowest BCUT2D eigenvalue weighted by Gasteiger charge is -2.34. The molecule has 23 heavy (non-hydrogen) atoms. The van der Waals surface area contributed by atoms with Crippen molar-refractivity contribution >= 4 is 17.4 Å². The summed E-state index contributed by atoms with van der Waals surface area (Å²) in [7, 11) is 0. The Labute approximate surface area is 144 Å². The van der Waals surface area contributed by atoms with Crippen molar-refractivity contribution in [2.24, 2.45) is 5.92 Å². The molecular weight excluding hydrogens is 308 g/mol. The van der Waals surface area contributed by atoms with Gasteiger partial charge in [-0.15, -0.1) is 11.3 Å². The van der Waals surface area contributed by atoms with Crippen LogP contribution in [0.5, 0.6) is 0 Å². The number of hydrogen-bond donors (Lipinski definition) is 1. The van der Waals surface area contributed by atoms with Gasteiger partial charge in [-0.2, -0.15) is 0 Å². The molecule has 4 nitrogen and oxygen atoms in total. The molecule has 5 heteroatoms. The third kappa shape index (κ3) is 5.50. The third-order valence-electron chi connectivity index (χ3n) is 4.18. The Morgan fingerprint density at radius 1 is 1.52 bits per heavy atom. The Balaban J connectivity index is 1.82. The summed E-state index contributed by atoms with van der Waals surface area (Å²) in [6.45, 7) is 12.7. The zero-order valence-corrected chi connectivity index (χ0v) is 15.8. The summed E-state index contributed by atoms with van der Waals surface area (Å²) < 4.78 is 5.49. The van der Waals surface area contributed by atoms with Gasteiger partial charge in [0.25, 0.3) is 0 Å². The second-order valence-electron chi connectivity index (χ2n) is 7.53. The second-order valence-corrected chi connectivity index (χ2v) is 8.48. The highest BCUT2D eigenvalue weighted by Crippen LogP contribution is 2.24. The Morgan fingerprint density at radius 3 is 2.87 bits per heavy atom. The van der Waals surface area contributed by atoms with Gasteiger partial charge in [0.05, 0.1) is 0 Å². The van der Waals surface area contributed by atoms with Crippen molar-refractivity contribution in [1.82, 2.24) is 10.2 Å². The van der Waals surface area contributed by atoms with Crippen molar-refractivity contribution < 1.29 is 9.53 Å². The fourth-order valence-electron chi connectivity index (χ4n) is 2.99. The average Bonchev–Trinajstić information content (AvgIpc) is 2.89. The quantitative estimate of drug-likeness (QED) is 0.887.